The van der Waals surface area contributed by atoms with Crippen LogP contribution in [-0.4, -0.2) is 24.7 Å². The van der Waals surface area contributed by atoms with Gasteiger partial charge in [-0.1, -0.05) is 0 Å². The summed E-state index contributed by atoms with van der Waals surface area (Å²) in [5.74, 6) is 8.87. The third-order valence-corrected chi connectivity index (χ3v) is 12.7. The SMILES string of the molecule is [CH3][Ge]([CH3])([Cl])[c]1ccccc1-c1cccc[c]1[Ge]([CH3])([CH3])[Cl]. The van der Waals surface area contributed by atoms with Gasteiger partial charge in [0.2, 0.25) is 0 Å². The summed E-state index contributed by atoms with van der Waals surface area (Å²) in [6.07, 6.45) is 0. The molecule has 0 aliphatic carbocycles. The van der Waals surface area contributed by atoms with Crippen LogP contribution >= 0.6 is 20.0 Å². The molecule has 2 aromatic rings. The number of rotatable bonds is 3. The summed E-state index contributed by atoms with van der Waals surface area (Å²) in [5, 5.41) is 0. The molecule has 0 nitrogen and oxygen atoms in total. The average Bonchev–Trinajstić information content (AvgIpc) is 2.37. The molecular formula is C16H20Cl2Ge2. The summed E-state index contributed by atoms with van der Waals surface area (Å²) < 4.78 is 2.68. The first kappa shape index (κ1) is 16.5. The molecule has 0 aromatic heterocycles. The zero-order valence-corrected chi connectivity index (χ0v) is 18.1. The molecule has 0 bridgehead atoms. The van der Waals surface area contributed by atoms with Gasteiger partial charge in [-0.2, -0.15) is 0 Å². The van der Waals surface area contributed by atoms with Crippen molar-refractivity contribution < 1.29 is 0 Å². The normalized spacial score (nSPS) is 12.5. The number of halogens is 2. The van der Waals surface area contributed by atoms with Crippen LogP contribution in [0.2, 0.25) is 23.0 Å². The van der Waals surface area contributed by atoms with E-state index < -0.39 is 24.7 Å². The second kappa shape index (κ2) is 6.08. The molecule has 0 saturated carbocycles. The Morgan fingerprint density at radius 1 is 0.600 bits per heavy atom. The van der Waals surface area contributed by atoms with E-state index in [0.717, 1.165) is 0 Å². The second-order valence-electron chi connectivity index (χ2n) is 6.04. The molecular weight excluding hydrogens is 408 g/mol. The van der Waals surface area contributed by atoms with E-state index in [-0.39, 0.29) is 0 Å². The van der Waals surface area contributed by atoms with Crippen LogP contribution in [0.25, 0.3) is 11.1 Å². The zero-order chi connectivity index (χ0) is 15.0. The van der Waals surface area contributed by atoms with Crippen molar-refractivity contribution in [2.75, 3.05) is 0 Å². The average molecular weight is 428 g/mol. The van der Waals surface area contributed by atoms with Crippen molar-refractivity contribution in [3.05, 3.63) is 48.5 Å². The summed E-state index contributed by atoms with van der Waals surface area (Å²) in [7, 11) is 13.5. The second-order valence-corrected chi connectivity index (χ2v) is 30.5. The van der Waals surface area contributed by atoms with Crippen molar-refractivity contribution in [1.82, 2.24) is 0 Å². The maximum atomic E-state index is 6.75. The van der Waals surface area contributed by atoms with E-state index in [1.807, 2.05) is 0 Å². The number of hydrogen-bond acceptors (Lipinski definition) is 0. The van der Waals surface area contributed by atoms with Crippen LogP contribution < -0.4 is 8.79 Å². The molecule has 0 heterocycles. The van der Waals surface area contributed by atoms with Crippen molar-refractivity contribution in [2.45, 2.75) is 23.0 Å². The molecule has 20 heavy (non-hydrogen) atoms. The minimum absolute atomic E-state index is 1.28. The van der Waals surface area contributed by atoms with E-state index in [4.69, 9.17) is 20.0 Å². The molecule has 0 N–H and O–H groups in total. The fourth-order valence-corrected chi connectivity index (χ4v) is 9.85. The van der Waals surface area contributed by atoms with E-state index in [0.29, 0.717) is 0 Å². The first-order valence-electron chi connectivity index (χ1n) is 6.78. The van der Waals surface area contributed by atoms with Gasteiger partial charge < -0.3 is 0 Å². The monoisotopic (exact) mass is 430 g/mol. The van der Waals surface area contributed by atoms with Gasteiger partial charge in [-0.15, -0.1) is 0 Å². The van der Waals surface area contributed by atoms with Crippen LogP contribution in [-0.2, 0) is 0 Å². The van der Waals surface area contributed by atoms with Gasteiger partial charge in [-0.05, 0) is 0 Å². The van der Waals surface area contributed by atoms with E-state index in [1.165, 1.54) is 19.9 Å². The van der Waals surface area contributed by atoms with Crippen LogP contribution in [0.15, 0.2) is 48.5 Å². The number of hydrogen-bond donors (Lipinski definition) is 0. The topological polar surface area (TPSA) is 0 Å². The molecule has 0 aliphatic heterocycles. The molecule has 0 aliphatic rings. The molecule has 106 valence electrons. The minimum atomic E-state index is -2.42. The van der Waals surface area contributed by atoms with Crippen molar-refractivity contribution >= 4 is 53.5 Å². The summed E-state index contributed by atoms with van der Waals surface area (Å²) in [6.45, 7) is 0. The molecule has 0 amide bonds. The molecule has 2 aromatic carbocycles. The Balaban J connectivity index is 2.71. The van der Waals surface area contributed by atoms with E-state index in [9.17, 15) is 0 Å². The van der Waals surface area contributed by atoms with Gasteiger partial charge >= 0.3 is 136 Å². The molecule has 0 spiro atoms. The Morgan fingerprint density at radius 2 is 0.900 bits per heavy atom. The summed E-state index contributed by atoms with van der Waals surface area (Å²) in [4.78, 5) is 0. The van der Waals surface area contributed by atoms with Gasteiger partial charge in [0.15, 0.2) is 0 Å². The number of benzene rings is 2. The first-order valence-corrected chi connectivity index (χ1v) is 22.8. The third kappa shape index (κ3) is 3.65. The Bertz CT molecular complexity index is 555. The van der Waals surface area contributed by atoms with Crippen LogP contribution in [0.3, 0.4) is 0 Å². The van der Waals surface area contributed by atoms with Gasteiger partial charge in [0, 0.05) is 0 Å². The predicted molar refractivity (Wildman–Crippen MR) is 97.8 cm³/mol. The van der Waals surface area contributed by atoms with Gasteiger partial charge in [0.1, 0.15) is 0 Å². The van der Waals surface area contributed by atoms with Crippen molar-refractivity contribution in [1.29, 1.82) is 0 Å². The Labute approximate surface area is 135 Å². The maximum absolute atomic E-state index is 6.75. The van der Waals surface area contributed by atoms with E-state index >= 15 is 0 Å². The molecule has 0 fully saturated rings. The molecule has 0 radical (unpaired) electrons. The summed E-state index contributed by atoms with van der Waals surface area (Å²) >= 11 is -4.83. The van der Waals surface area contributed by atoms with Gasteiger partial charge in [-0.3, -0.25) is 0 Å². The zero-order valence-electron chi connectivity index (χ0n) is 12.4. The van der Waals surface area contributed by atoms with E-state index in [1.54, 1.807) is 0 Å². The molecule has 0 saturated heterocycles. The quantitative estimate of drug-likeness (QED) is 0.624. The van der Waals surface area contributed by atoms with E-state index in [2.05, 4.69) is 71.6 Å². The van der Waals surface area contributed by atoms with Gasteiger partial charge in [-0.25, -0.2) is 0 Å². The molecule has 2 rings (SSSR count). The summed E-state index contributed by atoms with van der Waals surface area (Å²) in [5.41, 5.74) is 2.56. The Hall–Kier alpha value is 0.106. The predicted octanol–water partition coefficient (Wildman–Crippen LogP) is 4.66. The van der Waals surface area contributed by atoms with Crippen LogP contribution in [0.4, 0.5) is 0 Å². The van der Waals surface area contributed by atoms with Crippen LogP contribution in [0.5, 0.6) is 0 Å². The van der Waals surface area contributed by atoms with Crippen LogP contribution in [0, 0.1) is 0 Å². The van der Waals surface area contributed by atoms with Gasteiger partial charge in [0.05, 0.1) is 0 Å². The molecule has 0 atom stereocenters. The standard InChI is InChI=1S/C16H20Cl2Ge2/c1-19(2,17)15-11-7-5-9-13(15)14-10-6-8-12-16(14)20(3,4)18/h5-12H,1-4H3. The van der Waals surface area contributed by atoms with Gasteiger partial charge in [0.25, 0.3) is 0 Å². The molecule has 0 unspecified atom stereocenters. The van der Waals surface area contributed by atoms with Crippen molar-refractivity contribution in [2.24, 2.45) is 0 Å². The third-order valence-electron chi connectivity index (χ3n) is 3.43. The fraction of sp³-hybridized carbons (Fsp3) is 0.250. The Morgan fingerprint density at radius 3 is 1.20 bits per heavy atom. The van der Waals surface area contributed by atoms with Crippen molar-refractivity contribution in [3.63, 3.8) is 0 Å². The fourth-order valence-electron chi connectivity index (χ4n) is 2.47. The first-order chi connectivity index (χ1) is 9.21. The van der Waals surface area contributed by atoms with Crippen molar-refractivity contribution in [3.8, 4) is 11.1 Å². The summed E-state index contributed by atoms with van der Waals surface area (Å²) in [6, 6.07) is 17.1. The van der Waals surface area contributed by atoms with Crippen LogP contribution in [0.1, 0.15) is 0 Å². The molecule has 4 heteroatoms. The Kier molecular flexibility index (Phi) is 5.01.